The molecule has 1 fully saturated rings. The van der Waals surface area contributed by atoms with Crippen LogP contribution in [0.3, 0.4) is 0 Å². The lowest BCUT2D eigenvalue weighted by Gasteiger charge is -2.23. The number of para-hydroxylation sites is 1. The van der Waals surface area contributed by atoms with E-state index in [9.17, 15) is 9.59 Å². The summed E-state index contributed by atoms with van der Waals surface area (Å²) in [6.07, 6.45) is 2.48. The summed E-state index contributed by atoms with van der Waals surface area (Å²) in [5.74, 6) is 0.504. The molecule has 0 aliphatic carbocycles. The van der Waals surface area contributed by atoms with E-state index in [1.54, 1.807) is 6.07 Å². The molecular formula is C19H23N3O3. The van der Waals surface area contributed by atoms with E-state index in [-0.39, 0.29) is 17.9 Å². The second-order valence-electron chi connectivity index (χ2n) is 6.26. The van der Waals surface area contributed by atoms with E-state index in [0.717, 1.165) is 42.8 Å². The van der Waals surface area contributed by atoms with Crippen LogP contribution < -0.4 is 11.1 Å². The van der Waals surface area contributed by atoms with Crippen molar-refractivity contribution < 1.29 is 14.0 Å². The third kappa shape index (κ3) is 3.91. The van der Waals surface area contributed by atoms with Crippen LogP contribution in [-0.2, 0) is 17.8 Å². The van der Waals surface area contributed by atoms with E-state index >= 15 is 0 Å². The minimum absolute atomic E-state index is 0.235. The number of likely N-dealkylation sites (tertiary alicyclic amines) is 1. The van der Waals surface area contributed by atoms with Gasteiger partial charge in [0.15, 0.2) is 5.76 Å². The highest BCUT2D eigenvalue weighted by Gasteiger charge is 2.29. The molecule has 0 saturated carbocycles. The summed E-state index contributed by atoms with van der Waals surface area (Å²) in [5.41, 5.74) is 7.16. The Labute approximate surface area is 147 Å². The molecule has 6 nitrogen and oxygen atoms in total. The average molecular weight is 341 g/mol. The molecule has 0 bridgehead atoms. The zero-order chi connectivity index (χ0) is 17.8. The van der Waals surface area contributed by atoms with Gasteiger partial charge in [-0.05, 0) is 43.1 Å². The number of furan rings is 1. The van der Waals surface area contributed by atoms with Gasteiger partial charge in [0.25, 0.3) is 5.91 Å². The number of hydrogen-bond donors (Lipinski definition) is 2. The van der Waals surface area contributed by atoms with Crippen molar-refractivity contribution in [3.05, 3.63) is 53.5 Å². The van der Waals surface area contributed by atoms with Gasteiger partial charge in [-0.25, -0.2) is 0 Å². The molecule has 1 aliphatic heterocycles. The predicted molar refractivity (Wildman–Crippen MR) is 95.1 cm³/mol. The summed E-state index contributed by atoms with van der Waals surface area (Å²) < 4.78 is 5.50. The largest absolute Gasteiger partial charge is 0.456 e. The van der Waals surface area contributed by atoms with Crippen LogP contribution in [0.25, 0.3) is 0 Å². The summed E-state index contributed by atoms with van der Waals surface area (Å²) in [4.78, 5) is 26.1. The fourth-order valence-electron chi connectivity index (χ4n) is 3.21. The standard InChI is InChI=1S/C19H23N3O3/c1-2-14-9-10-17(25-14)19(24)21-15-7-4-3-6-13(15)12-22-11-5-8-16(22)18(20)23/h3-4,6-7,9-10,16H,2,5,8,11-12H2,1H3,(H2,20,23)(H,21,24). The number of nitrogens with two attached hydrogens (primary N) is 1. The van der Waals surface area contributed by atoms with Gasteiger partial charge in [-0.15, -0.1) is 0 Å². The van der Waals surface area contributed by atoms with Crippen molar-refractivity contribution in [1.82, 2.24) is 4.90 Å². The summed E-state index contributed by atoms with van der Waals surface area (Å²) >= 11 is 0. The Bertz CT molecular complexity index is 769. The molecule has 0 radical (unpaired) electrons. The Balaban J connectivity index is 1.74. The fraction of sp³-hybridized carbons (Fsp3) is 0.368. The number of rotatable bonds is 6. The molecule has 2 aromatic rings. The smallest absolute Gasteiger partial charge is 0.291 e. The highest BCUT2D eigenvalue weighted by Crippen LogP contribution is 2.24. The average Bonchev–Trinajstić information content (AvgIpc) is 3.25. The first-order chi connectivity index (χ1) is 12.1. The Morgan fingerprint density at radius 1 is 1.28 bits per heavy atom. The van der Waals surface area contributed by atoms with Gasteiger partial charge in [0.1, 0.15) is 5.76 Å². The molecule has 6 heteroatoms. The van der Waals surface area contributed by atoms with Crippen molar-refractivity contribution in [2.45, 2.75) is 38.8 Å². The van der Waals surface area contributed by atoms with Gasteiger partial charge in [0.05, 0.1) is 6.04 Å². The first-order valence-corrected chi connectivity index (χ1v) is 8.59. The maximum atomic E-state index is 12.4. The molecule has 1 saturated heterocycles. The molecule has 1 unspecified atom stereocenters. The third-order valence-corrected chi connectivity index (χ3v) is 4.56. The predicted octanol–water partition coefficient (Wildman–Crippen LogP) is 2.54. The highest BCUT2D eigenvalue weighted by atomic mass is 16.3. The minimum atomic E-state index is -0.290. The number of carbonyl (C=O) groups excluding carboxylic acids is 2. The van der Waals surface area contributed by atoms with Crippen LogP contribution in [0.2, 0.25) is 0 Å². The summed E-state index contributed by atoms with van der Waals surface area (Å²) in [6.45, 7) is 3.37. The van der Waals surface area contributed by atoms with E-state index in [1.807, 2.05) is 37.3 Å². The maximum absolute atomic E-state index is 12.4. The molecular weight excluding hydrogens is 318 g/mol. The van der Waals surface area contributed by atoms with Gasteiger partial charge in [-0.3, -0.25) is 14.5 Å². The zero-order valence-electron chi connectivity index (χ0n) is 14.3. The van der Waals surface area contributed by atoms with Crippen molar-refractivity contribution >= 4 is 17.5 Å². The number of hydrogen-bond acceptors (Lipinski definition) is 4. The van der Waals surface area contributed by atoms with E-state index < -0.39 is 0 Å². The van der Waals surface area contributed by atoms with Crippen LogP contribution >= 0.6 is 0 Å². The quantitative estimate of drug-likeness (QED) is 0.845. The second kappa shape index (κ2) is 7.53. The van der Waals surface area contributed by atoms with Crippen LogP contribution in [0.15, 0.2) is 40.8 Å². The summed E-state index contributed by atoms with van der Waals surface area (Å²) in [6, 6.07) is 10.8. The van der Waals surface area contributed by atoms with Gasteiger partial charge in [-0.2, -0.15) is 0 Å². The van der Waals surface area contributed by atoms with Gasteiger partial charge in [0.2, 0.25) is 5.91 Å². The number of carbonyl (C=O) groups is 2. The lowest BCUT2D eigenvalue weighted by Crippen LogP contribution is -2.39. The van der Waals surface area contributed by atoms with Gasteiger partial charge in [0, 0.05) is 18.7 Å². The van der Waals surface area contributed by atoms with Crippen molar-refractivity contribution in [2.75, 3.05) is 11.9 Å². The van der Waals surface area contributed by atoms with Crippen molar-refractivity contribution in [3.63, 3.8) is 0 Å². The van der Waals surface area contributed by atoms with E-state index in [0.29, 0.717) is 12.3 Å². The number of nitrogens with zero attached hydrogens (tertiary/aromatic N) is 1. The number of anilines is 1. The lowest BCUT2D eigenvalue weighted by atomic mass is 10.1. The topological polar surface area (TPSA) is 88.6 Å². The Kier molecular flexibility index (Phi) is 5.19. The Morgan fingerprint density at radius 2 is 2.08 bits per heavy atom. The SMILES string of the molecule is CCc1ccc(C(=O)Nc2ccccc2CN2CCCC2C(N)=O)o1. The molecule has 132 valence electrons. The van der Waals surface area contributed by atoms with E-state index in [4.69, 9.17) is 10.2 Å². The monoisotopic (exact) mass is 341 g/mol. The zero-order valence-corrected chi connectivity index (χ0v) is 14.3. The van der Waals surface area contributed by atoms with Crippen LogP contribution in [-0.4, -0.2) is 29.3 Å². The van der Waals surface area contributed by atoms with E-state index in [2.05, 4.69) is 10.2 Å². The molecule has 2 heterocycles. The number of aryl methyl sites for hydroxylation is 1. The number of benzene rings is 1. The molecule has 3 rings (SSSR count). The number of nitrogens with one attached hydrogen (secondary N) is 1. The van der Waals surface area contributed by atoms with Gasteiger partial charge in [-0.1, -0.05) is 25.1 Å². The molecule has 2 amide bonds. The van der Waals surface area contributed by atoms with Crippen LogP contribution in [0.5, 0.6) is 0 Å². The van der Waals surface area contributed by atoms with Crippen LogP contribution in [0, 0.1) is 0 Å². The lowest BCUT2D eigenvalue weighted by molar-refractivity contribution is -0.122. The minimum Gasteiger partial charge on any atom is -0.456 e. The summed E-state index contributed by atoms with van der Waals surface area (Å²) in [5, 5.41) is 2.91. The molecule has 0 spiro atoms. The molecule has 1 atom stereocenters. The fourth-order valence-corrected chi connectivity index (χ4v) is 3.21. The molecule has 3 N–H and O–H groups in total. The molecule has 1 aliphatic rings. The first kappa shape index (κ1) is 17.2. The van der Waals surface area contributed by atoms with Crippen molar-refractivity contribution in [1.29, 1.82) is 0 Å². The number of primary amides is 1. The number of amides is 2. The normalized spacial score (nSPS) is 17.6. The van der Waals surface area contributed by atoms with Gasteiger partial charge >= 0.3 is 0 Å². The van der Waals surface area contributed by atoms with Crippen LogP contribution in [0.4, 0.5) is 5.69 Å². The van der Waals surface area contributed by atoms with E-state index in [1.165, 1.54) is 0 Å². The maximum Gasteiger partial charge on any atom is 0.291 e. The highest BCUT2D eigenvalue weighted by molar-refractivity contribution is 6.02. The summed E-state index contributed by atoms with van der Waals surface area (Å²) in [7, 11) is 0. The van der Waals surface area contributed by atoms with Gasteiger partial charge < -0.3 is 15.5 Å². The van der Waals surface area contributed by atoms with Crippen molar-refractivity contribution in [2.24, 2.45) is 5.73 Å². The molecule has 1 aromatic heterocycles. The third-order valence-electron chi connectivity index (χ3n) is 4.56. The first-order valence-electron chi connectivity index (χ1n) is 8.59. The molecule has 25 heavy (non-hydrogen) atoms. The van der Waals surface area contributed by atoms with Crippen LogP contribution in [0.1, 0.15) is 41.6 Å². The Hall–Kier alpha value is -2.60. The van der Waals surface area contributed by atoms with Crippen molar-refractivity contribution in [3.8, 4) is 0 Å². The molecule has 1 aromatic carbocycles. The second-order valence-corrected chi connectivity index (χ2v) is 6.26. The Morgan fingerprint density at radius 3 is 2.80 bits per heavy atom.